The third-order valence-electron chi connectivity index (χ3n) is 4.50. The fraction of sp³-hybridized carbons (Fsp3) is 0.611. The van der Waals surface area contributed by atoms with Gasteiger partial charge in [-0.05, 0) is 37.3 Å². The summed E-state index contributed by atoms with van der Waals surface area (Å²) in [5, 5.41) is 9.28. The van der Waals surface area contributed by atoms with Crippen LogP contribution in [0.4, 0.5) is 0 Å². The largest absolute Gasteiger partial charge is 0.377 e. The maximum Gasteiger partial charge on any atom is 0.0995 e. The van der Waals surface area contributed by atoms with Gasteiger partial charge in [0.1, 0.15) is 0 Å². The Morgan fingerprint density at radius 1 is 1.05 bits per heavy atom. The molecule has 2 saturated heterocycles. The Morgan fingerprint density at radius 2 is 1.68 bits per heavy atom. The Bertz CT molecular complexity index is 496. The minimum Gasteiger partial charge on any atom is -0.377 e. The highest BCUT2D eigenvalue weighted by atomic mass is 16.5. The van der Waals surface area contributed by atoms with E-state index in [2.05, 4.69) is 17.0 Å². The fourth-order valence-electron chi connectivity index (χ4n) is 3.36. The van der Waals surface area contributed by atoms with Crippen LogP contribution in [-0.4, -0.2) is 43.4 Å². The van der Waals surface area contributed by atoms with E-state index in [0.29, 0.717) is 12.2 Å². The van der Waals surface area contributed by atoms with Crippen molar-refractivity contribution in [2.75, 3.05) is 26.3 Å². The van der Waals surface area contributed by atoms with E-state index in [9.17, 15) is 5.26 Å². The van der Waals surface area contributed by atoms with Crippen LogP contribution in [0.2, 0.25) is 0 Å². The lowest BCUT2D eigenvalue weighted by molar-refractivity contribution is 0.0345. The Labute approximate surface area is 132 Å². The topological polar surface area (TPSA) is 45.5 Å². The molecule has 4 heteroatoms. The third-order valence-corrected chi connectivity index (χ3v) is 4.50. The van der Waals surface area contributed by atoms with Crippen molar-refractivity contribution in [2.45, 2.75) is 44.4 Å². The average Bonchev–Trinajstić information content (AvgIpc) is 3.21. The minimum absolute atomic E-state index is 0.329. The van der Waals surface area contributed by atoms with Crippen LogP contribution in [0.1, 0.15) is 36.8 Å². The number of nitriles is 1. The van der Waals surface area contributed by atoms with Crippen molar-refractivity contribution in [3.8, 4) is 6.07 Å². The van der Waals surface area contributed by atoms with Gasteiger partial charge in [-0.25, -0.2) is 0 Å². The summed E-state index contributed by atoms with van der Waals surface area (Å²) < 4.78 is 11.6. The van der Waals surface area contributed by atoms with Crippen LogP contribution in [0.3, 0.4) is 0 Å². The predicted molar refractivity (Wildman–Crippen MR) is 84.4 cm³/mol. The van der Waals surface area contributed by atoms with E-state index in [1.807, 2.05) is 18.2 Å². The molecule has 1 aromatic rings. The zero-order valence-corrected chi connectivity index (χ0v) is 13.0. The van der Waals surface area contributed by atoms with Crippen LogP contribution in [0.25, 0.3) is 0 Å². The van der Waals surface area contributed by atoms with Crippen molar-refractivity contribution in [1.29, 1.82) is 5.26 Å². The number of benzene rings is 1. The van der Waals surface area contributed by atoms with Gasteiger partial charge in [0.15, 0.2) is 0 Å². The molecule has 0 radical (unpaired) electrons. The van der Waals surface area contributed by atoms with Gasteiger partial charge in [0, 0.05) is 32.8 Å². The zero-order valence-electron chi connectivity index (χ0n) is 13.0. The Balaban J connectivity index is 1.67. The van der Waals surface area contributed by atoms with E-state index >= 15 is 0 Å². The van der Waals surface area contributed by atoms with Crippen LogP contribution >= 0.6 is 0 Å². The summed E-state index contributed by atoms with van der Waals surface area (Å²) in [6, 6.07) is 10.2. The molecule has 4 nitrogen and oxygen atoms in total. The highest BCUT2D eigenvalue weighted by Crippen LogP contribution is 2.20. The molecule has 0 saturated carbocycles. The third kappa shape index (κ3) is 4.07. The molecule has 3 rings (SSSR count). The summed E-state index contributed by atoms with van der Waals surface area (Å²) >= 11 is 0. The standard InChI is InChI=1S/C18H24N2O2/c19-11-15-5-1-2-6-16(15)12-20(13-17-7-3-9-21-17)14-18-8-4-10-22-18/h1-2,5-6,17-18H,3-4,7-10,12-14H2/t17-,18-/m0/s1. The molecular formula is C18H24N2O2. The van der Waals surface area contributed by atoms with Crippen LogP contribution in [0.15, 0.2) is 24.3 Å². The summed E-state index contributed by atoms with van der Waals surface area (Å²) in [4.78, 5) is 2.40. The first-order valence-corrected chi connectivity index (χ1v) is 8.28. The molecular weight excluding hydrogens is 276 g/mol. The summed E-state index contributed by atoms with van der Waals surface area (Å²) in [5.41, 5.74) is 1.87. The summed E-state index contributed by atoms with van der Waals surface area (Å²) in [7, 11) is 0. The first-order valence-electron chi connectivity index (χ1n) is 8.28. The molecule has 0 unspecified atom stereocenters. The van der Waals surface area contributed by atoms with E-state index in [0.717, 1.165) is 69.7 Å². The molecule has 2 aliphatic heterocycles. The second-order valence-corrected chi connectivity index (χ2v) is 6.23. The molecule has 0 N–H and O–H groups in total. The quantitative estimate of drug-likeness (QED) is 0.810. The Kier molecular flexibility index (Phi) is 5.44. The Morgan fingerprint density at radius 3 is 2.23 bits per heavy atom. The van der Waals surface area contributed by atoms with Crippen molar-refractivity contribution in [3.05, 3.63) is 35.4 Å². The van der Waals surface area contributed by atoms with Gasteiger partial charge in [-0.3, -0.25) is 4.90 Å². The number of nitrogens with zero attached hydrogens (tertiary/aromatic N) is 2. The average molecular weight is 300 g/mol. The van der Waals surface area contributed by atoms with Crippen LogP contribution < -0.4 is 0 Å². The molecule has 2 aliphatic rings. The lowest BCUT2D eigenvalue weighted by atomic mass is 10.1. The van der Waals surface area contributed by atoms with Crippen molar-refractivity contribution in [3.63, 3.8) is 0 Å². The normalized spacial score (nSPS) is 24.7. The molecule has 0 spiro atoms. The van der Waals surface area contributed by atoms with Crippen molar-refractivity contribution in [2.24, 2.45) is 0 Å². The van der Waals surface area contributed by atoms with Gasteiger partial charge < -0.3 is 9.47 Å². The van der Waals surface area contributed by atoms with E-state index in [1.54, 1.807) is 0 Å². The first kappa shape index (κ1) is 15.5. The van der Waals surface area contributed by atoms with Crippen LogP contribution in [0, 0.1) is 11.3 Å². The molecule has 0 amide bonds. The van der Waals surface area contributed by atoms with Gasteiger partial charge in [-0.2, -0.15) is 5.26 Å². The van der Waals surface area contributed by atoms with Gasteiger partial charge in [0.2, 0.25) is 0 Å². The minimum atomic E-state index is 0.329. The van der Waals surface area contributed by atoms with Crippen LogP contribution in [0.5, 0.6) is 0 Å². The first-order chi connectivity index (χ1) is 10.8. The van der Waals surface area contributed by atoms with Crippen molar-refractivity contribution >= 4 is 0 Å². The maximum absolute atomic E-state index is 9.28. The van der Waals surface area contributed by atoms with Gasteiger partial charge in [-0.1, -0.05) is 18.2 Å². The molecule has 2 fully saturated rings. The van der Waals surface area contributed by atoms with E-state index in [4.69, 9.17) is 9.47 Å². The Hall–Kier alpha value is -1.41. The van der Waals surface area contributed by atoms with Crippen molar-refractivity contribution in [1.82, 2.24) is 4.90 Å². The van der Waals surface area contributed by atoms with Gasteiger partial charge in [0.25, 0.3) is 0 Å². The molecule has 0 aromatic heterocycles. The number of ether oxygens (including phenoxy) is 2. The number of hydrogen-bond donors (Lipinski definition) is 0. The summed E-state index contributed by atoms with van der Waals surface area (Å²) in [6.45, 7) is 4.42. The van der Waals surface area contributed by atoms with Gasteiger partial charge in [0.05, 0.1) is 23.8 Å². The smallest absolute Gasteiger partial charge is 0.0995 e. The number of rotatable bonds is 6. The second-order valence-electron chi connectivity index (χ2n) is 6.23. The SMILES string of the molecule is N#Cc1ccccc1CN(C[C@@H]1CCCO1)C[C@@H]1CCCO1. The molecule has 0 aliphatic carbocycles. The molecule has 118 valence electrons. The van der Waals surface area contributed by atoms with Gasteiger partial charge in [-0.15, -0.1) is 0 Å². The molecule has 2 atom stereocenters. The predicted octanol–water partition coefficient (Wildman–Crippen LogP) is 2.72. The lowest BCUT2D eigenvalue weighted by Crippen LogP contribution is -2.37. The van der Waals surface area contributed by atoms with Crippen LogP contribution in [-0.2, 0) is 16.0 Å². The van der Waals surface area contributed by atoms with Crippen molar-refractivity contribution < 1.29 is 9.47 Å². The maximum atomic E-state index is 9.28. The number of hydrogen-bond acceptors (Lipinski definition) is 4. The monoisotopic (exact) mass is 300 g/mol. The molecule has 22 heavy (non-hydrogen) atoms. The van der Waals surface area contributed by atoms with Gasteiger partial charge >= 0.3 is 0 Å². The van der Waals surface area contributed by atoms with E-state index in [-0.39, 0.29) is 0 Å². The summed E-state index contributed by atoms with van der Waals surface area (Å²) in [6.07, 6.45) is 5.26. The second kappa shape index (κ2) is 7.73. The highest BCUT2D eigenvalue weighted by molar-refractivity contribution is 5.37. The summed E-state index contributed by atoms with van der Waals surface area (Å²) in [5.74, 6) is 0. The van der Waals surface area contributed by atoms with E-state index < -0.39 is 0 Å². The fourth-order valence-corrected chi connectivity index (χ4v) is 3.36. The molecule has 2 heterocycles. The lowest BCUT2D eigenvalue weighted by Gasteiger charge is -2.28. The molecule has 1 aromatic carbocycles. The zero-order chi connectivity index (χ0) is 15.2. The highest BCUT2D eigenvalue weighted by Gasteiger charge is 2.24. The van der Waals surface area contributed by atoms with E-state index in [1.165, 1.54) is 0 Å². The molecule has 0 bridgehead atoms.